The van der Waals surface area contributed by atoms with Gasteiger partial charge in [-0.15, -0.1) is 0 Å². The second-order valence-electron chi connectivity index (χ2n) is 10.2. The number of carbonyl (C=O) groups is 1. The maximum atomic E-state index is 12.8. The molecule has 0 atom stereocenters. The van der Waals surface area contributed by atoms with Gasteiger partial charge in [0, 0.05) is 27.7 Å². The number of carbonyl (C=O) groups excluding carboxylic acids is 1. The molecule has 1 saturated heterocycles. The summed E-state index contributed by atoms with van der Waals surface area (Å²) in [6, 6.07) is 15.8. The van der Waals surface area contributed by atoms with Crippen molar-refractivity contribution in [1.29, 1.82) is 0 Å². The summed E-state index contributed by atoms with van der Waals surface area (Å²) >= 11 is 11.5. The summed E-state index contributed by atoms with van der Waals surface area (Å²) in [5, 5.41) is 6.08. The number of nitrogens with one attached hydrogen (secondary N) is 4. The van der Waals surface area contributed by atoms with Crippen LogP contribution in [0.15, 0.2) is 71.9 Å². The Morgan fingerprint density at radius 2 is 1.67 bits per heavy atom. The number of aromatic nitrogens is 3. The number of ether oxygens (including phenoxy) is 2. The van der Waals surface area contributed by atoms with Crippen molar-refractivity contribution < 1.29 is 27.7 Å². The van der Waals surface area contributed by atoms with Crippen molar-refractivity contribution >= 4 is 78.3 Å². The van der Waals surface area contributed by atoms with Gasteiger partial charge in [-0.25, -0.2) is 18.1 Å². The lowest BCUT2D eigenvalue weighted by Gasteiger charge is -2.34. The smallest absolute Gasteiger partial charge is 0.264 e. The highest BCUT2D eigenvalue weighted by atomic mass is 35.5. The number of hydrogen-bond donors (Lipinski definition) is 3. The van der Waals surface area contributed by atoms with E-state index < -0.39 is 15.9 Å². The molecule has 0 aliphatic carbocycles. The van der Waals surface area contributed by atoms with Crippen LogP contribution in [0.25, 0.3) is 21.9 Å². The molecule has 6 rings (SSSR count). The second-order valence-corrected chi connectivity index (χ2v) is 12.7. The van der Waals surface area contributed by atoms with Crippen molar-refractivity contribution in [2.24, 2.45) is 0 Å². The summed E-state index contributed by atoms with van der Waals surface area (Å²) < 4.78 is 38.6. The van der Waals surface area contributed by atoms with Crippen LogP contribution in [-0.2, 0) is 10.0 Å². The first kappa shape index (κ1) is 30.4. The SMILES string of the molecule is COc1cc2[nH]c3nc[nH+]c(N4CCN(C(=S)Nc5ccc(S(=O)(=O)NC(=O)c6ccc(Cl)cc6)cc5)CC4)c3c2cc1OC. The van der Waals surface area contributed by atoms with Crippen LogP contribution in [-0.4, -0.2) is 74.7 Å². The summed E-state index contributed by atoms with van der Waals surface area (Å²) in [6.07, 6.45) is 1.67. The van der Waals surface area contributed by atoms with Crippen LogP contribution in [0.2, 0.25) is 5.02 Å². The molecule has 15 heteroatoms. The normalized spacial score (nSPS) is 13.6. The number of piperazine rings is 1. The molecular weight excluding hydrogens is 638 g/mol. The van der Waals surface area contributed by atoms with Crippen LogP contribution >= 0.6 is 23.8 Å². The molecule has 5 aromatic rings. The van der Waals surface area contributed by atoms with E-state index in [-0.39, 0.29) is 10.5 Å². The van der Waals surface area contributed by atoms with Crippen molar-refractivity contribution in [3.05, 3.63) is 77.6 Å². The number of amides is 1. The van der Waals surface area contributed by atoms with Crippen LogP contribution < -0.4 is 29.4 Å². The van der Waals surface area contributed by atoms with Gasteiger partial charge in [-0.2, -0.15) is 0 Å². The fraction of sp³-hybridized carbons (Fsp3) is 0.200. The summed E-state index contributed by atoms with van der Waals surface area (Å²) in [5.74, 6) is 1.46. The van der Waals surface area contributed by atoms with E-state index in [2.05, 4.69) is 34.8 Å². The van der Waals surface area contributed by atoms with E-state index in [4.69, 9.17) is 33.3 Å². The summed E-state index contributed by atoms with van der Waals surface area (Å²) in [7, 11) is -0.864. The Kier molecular flexibility index (Phi) is 8.36. The lowest BCUT2D eigenvalue weighted by atomic mass is 10.1. The van der Waals surface area contributed by atoms with E-state index in [1.807, 2.05) is 12.1 Å². The largest absolute Gasteiger partial charge is 0.493 e. The molecule has 1 aliphatic heterocycles. The standard InChI is InChI=1S/C30H28ClN7O5S2/c1-42-24-15-22-23(16-25(24)43-2)35-27-26(22)28(33-17-32-27)37-11-13-38(14-12-37)30(44)34-20-7-9-21(10-8-20)45(40,41)36-29(39)18-3-5-19(31)6-4-18/h3-10,15-17H,11-14H2,1-2H3,(H,34,44)(H,36,39)(H,32,33,35)/p+1. The number of anilines is 2. The highest BCUT2D eigenvalue weighted by Gasteiger charge is 2.28. The van der Waals surface area contributed by atoms with Gasteiger partial charge in [0.25, 0.3) is 15.9 Å². The van der Waals surface area contributed by atoms with Gasteiger partial charge in [0.05, 0.1) is 50.8 Å². The highest BCUT2D eigenvalue weighted by molar-refractivity contribution is 7.90. The average molecular weight is 667 g/mol. The molecule has 232 valence electrons. The lowest BCUT2D eigenvalue weighted by molar-refractivity contribution is -0.367. The van der Waals surface area contributed by atoms with Gasteiger partial charge in [-0.1, -0.05) is 16.6 Å². The third-order valence-corrected chi connectivity index (χ3v) is 9.51. The van der Waals surface area contributed by atoms with Crippen LogP contribution in [0.4, 0.5) is 11.5 Å². The number of methoxy groups -OCH3 is 2. The van der Waals surface area contributed by atoms with E-state index in [1.54, 1.807) is 32.7 Å². The number of fused-ring (bicyclic) bond motifs is 3. The molecule has 0 spiro atoms. The maximum Gasteiger partial charge on any atom is 0.264 e. The number of aromatic amines is 2. The molecule has 0 bridgehead atoms. The van der Waals surface area contributed by atoms with Crippen molar-refractivity contribution in [2.75, 3.05) is 50.6 Å². The van der Waals surface area contributed by atoms with Gasteiger partial charge in [0.1, 0.15) is 5.39 Å². The number of thiocarbonyl (C=S) groups is 1. The number of benzene rings is 3. The van der Waals surface area contributed by atoms with E-state index in [0.717, 1.165) is 27.8 Å². The minimum absolute atomic E-state index is 0.0526. The van der Waals surface area contributed by atoms with E-state index in [0.29, 0.717) is 53.5 Å². The first-order valence-electron chi connectivity index (χ1n) is 13.8. The van der Waals surface area contributed by atoms with Gasteiger partial charge < -0.3 is 24.7 Å². The van der Waals surface area contributed by atoms with E-state index >= 15 is 0 Å². The van der Waals surface area contributed by atoms with Crippen LogP contribution in [0.1, 0.15) is 10.4 Å². The number of sulfonamides is 1. The van der Waals surface area contributed by atoms with Crippen LogP contribution in [0.3, 0.4) is 0 Å². The molecule has 0 unspecified atom stereocenters. The first-order chi connectivity index (χ1) is 21.7. The van der Waals surface area contributed by atoms with Crippen molar-refractivity contribution in [3.63, 3.8) is 0 Å². The molecular formula is C30H29ClN7O5S2+. The molecule has 12 nitrogen and oxygen atoms in total. The predicted molar refractivity (Wildman–Crippen MR) is 176 cm³/mol. The zero-order chi connectivity index (χ0) is 31.7. The first-order valence-corrected chi connectivity index (χ1v) is 16.1. The Hall–Kier alpha value is -4.66. The molecule has 1 aliphatic rings. The third kappa shape index (κ3) is 6.16. The molecule has 45 heavy (non-hydrogen) atoms. The Bertz CT molecular complexity index is 2010. The third-order valence-electron chi connectivity index (χ3n) is 7.55. The van der Waals surface area contributed by atoms with Crippen molar-refractivity contribution in [1.82, 2.24) is 19.6 Å². The predicted octanol–water partition coefficient (Wildman–Crippen LogP) is 3.84. The number of hydrogen-bond acceptors (Lipinski definition) is 8. The Morgan fingerprint density at radius 1 is 1.00 bits per heavy atom. The average Bonchev–Trinajstić information content (AvgIpc) is 3.42. The zero-order valence-electron chi connectivity index (χ0n) is 24.3. The second kappa shape index (κ2) is 12.4. The number of nitrogens with zero attached hydrogens (tertiary/aromatic N) is 3. The Morgan fingerprint density at radius 3 is 2.33 bits per heavy atom. The monoisotopic (exact) mass is 666 g/mol. The Labute approximate surface area is 269 Å². The highest BCUT2D eigenvalue weighted by Crippen LogP contribution is 2.37. The molecule has 1 amide bonds. The number of rotatable bonds is 7. The van der Waals surface area contributed by atoms with Gasteiger partial charge >= 0.3 is 0 Å². The van der Waals surface area contributed by atoms with Crippen molar-refractivity contribution in [3.8, 4) is 11.5 Å². The fourth-order valence-corrected chi connectivity index (χ4v) is 6.62. The quantitative estimate of drug-likeness (QED) is 0.219. The van der Waals surface area contributed by atoms with Crippen LogP contribution in [0, 0.1) is 0 Å². The van der Waals surface area contributed by atoms with Gasteiger partial charge in [-0.3, -0.25) is 9.69 Å². The van der Waals surface area contributed by atoms with Gasteiger partial charge in [0.2, 0.25) is 17.8 Å². The lowest BCUT2D eigenvalue weighted by Crippen LogP contribution is -2.51. The molecule has 4 N–H and O–H groups in total. The minimum atomic E-state index is -4.08. The topological polar surface area (TPSA) is 143 Å². The summed E-state index contributed by atoms with van der Waals surface area (Å²) in [6.45, 7) is 2.71. The Balaban J connectivity index is 1.10. The minimum Gasteiger partial charge on any atom is -0.493 e. The van der Waals surface area contributed by atoms with Crippen molar-refractivity contribution in [2.45, 2.75) is 4.90 Å². The molecule has 3 aromatic carbocycles. The molecule has 1 fully saturated rings. The zero-order valence-corrected chi connectivity index (χ0v) is 26.6. The fourth-order valence-electron chi connectivity index (χ4n) is 5.22. The molecule has 2 aromatic heterocycles. The molecule has 3 heterocycles. The number of H-pyrrole nitrogens is 2. The summed E-state index contributed by atoms with van der Waals surface area (Å²) in [4.78, 5) is 27.9. The van der Waals surface area contributed by atoms with E-state index in [1.165, 1.54) is 36.4 Å². The molecule has 0 saturated carbocycles. The summed E-state index contributed by atoms with van der Waals surface area (Å²) in [5.41, 5.74) is 2.45. The number of halogens is 1. The van der Waals surface area contributed by atoms with Gasteiger partial charge in [-0.05, 0) is 66.8 Å². The van der Waals surface area contributed by atoms with Crippen LogP contribution in [0.5, 0.6) is 11.5 Å². The maximum absolute atomic E-state index is 12.8. The molecule has 0 radical (unpaired) electrons. The van der Waals surface area contributed by atoms with Gasteiger partial charge in [0.15, 0.2) is 16.6 Å². The van der Waals surface area contributed by atoms with E-state index in [9.17, 15) is 13.2 Å².